The van der Waals surface area contributed by atoms with Gasteiger partial charge in [-0.3, -0.25) is 14.9 Å². The Balaban J connectivity index is 1.11. The Morgan fingerprint density at radius 2 is 1.82 bits per heavy atom. The minimum Gasteiger partial charge on any atom is -0.385 e. The van der Waals surface area contributed by atoms with Crippen molar-refractivity contribution < 1.29 is 14.3 Å². The van der Waals surface area contributed by atoms with Gasteiger partial charge < -0.3 is 19.9 Å². The number of aromatic nitrogens is 2. The summed E-state index contributed by atoms with van der Waals surface area (Å²) >= 11 is 0.895. The first kappa shape index (κ1) is 22.7. The number of morpholine rings is 1. The van der Waals surface area contributed by atoms with Crippen LogP contribution in [0.5, 0.6) is 0 Å². The number of hydrogen-bond acceptors (Lipinski definition) is 9. The van der Waals surface area contributed by atoms with Gasteiger partial charge in [0.15, 0.2) is 0 Å². The third-order valence-corrected chi connectivity index (χ3v) is 7.13. The third kappa shape index (κ3) is 5.51. The Labute approximate surface area is 203 Å². The number of piperidine rings is 1. The largest absolute Gasteiger partial charge is 0.385 e. The van der Waals surface area contributed by atoms with E-state index in [2.05, 4.69) is 54.7 Å². The molecule has 0 spiro atoms. The van der Waals surface area contributed by atoms with Crippen molar-refractivity contribution in [1.29, 1.82) is 0 Å². The second kappa shape index (κ2) is 10.4. The van der Waals surface area contributed by atoms with Crippen molar-refractivity contribution in [1.82, 2.24) is 15.3 Å². The number of imide groups is 1. The van der Waals surface area contributed by atoms with Crippen molar-refractivity contribution >= 4 is 46.3 Å². The molecule has 0 unspecified atom stereocenters. The van der Waals surface area contributed by atoms with Gasteiger partial charge in [-0.2, -0.15) is 0 Å². The van der Waals surface area contributed by atoms with Crippen LogP contribution in [0.1, 0.15) is 18.5 Å². The normalized spacial score (nSPS) is 20.6. The molecule has 2 N–H and O–H groups in total. The molecule has 0 atom stereocenters. The fourth-order valence-corrected chi connectivity index (χ4v) is 5.03. The van der Waals surface area contributed by atoms with Crippen LogP contribution in [-0.4, -0.2) is 67.1 Å². The summed E-state index contributed by atoms with van der Waals surface area (Å²) in [5, 5.41) is 5.50. The molecule has 3 fully saturated rings. The fraction of sp³-hybridized carbons (Fsp3) is 0.417. The highest BCUT2D eigenvalue weighted by molar-refractivity contribution is 8.18. The van der Waals surface area contributed by atoms with Crippen LogP contribution >= 0.6 is 11.8 Å². The highest BCUT2D eigenvalue weighted by Crippen LogP contribution is 2.26. The number of ether oxygens (including phenoxy) is 1. The molecule has 0 saturated carbocycles. The van der Waals surface area contributed by atoms with Gasteiger partial charge in [0.25, 0.3) is 11.1 Å². The van der Waals surface area contributed by atoms with E-state index in [-0.39, 0.29) is 11.1 Å². The summed E-state index contributed by atoms with van der Waals surface area (Å²) in [5.74, 6) is 0.874. The first-order valence-electron chi connectivity index (χ1n) is 11.6. The number of rotatable bonds is 6. The van der Waals surface area contributed by atoms with Crippen molar-refractivity contribution in [2.24, 2.45) is 5.92 Å². The molecule has 3 saturated heterocycles. The second-order valence-corrected chi connectivity index (χ2v) is 9.61. The average molecular weight is 481 g/mol. The zero-order valence-electron chi connectivity index (χ0n) is 18.9. The number of carbonyl (C=O) groups is 2. The Morgan fingerprint density at radius 3 is 2.53 bits per heavy atom. The quantitative estimate of drug-likeness (QED) is 0.605. The van der Waals surface area contributed by atoms with Crippen LogP contribution in [-0.2, 0) is 9.53 Å². The zero-order valence-corrected chi connectivity index (χ0v) is 19.7. The van der Waals surface area contributed by atoms with Gasteiger partial charge in [0.2, 0.25) is 5.95 Å². The lowest BCUT2D eigenvalue weighted by molar-refractivity contribution is -0.115. The van der Waals surface area contributed by atoms with Crippen LogP contribution in [0.4, 0.5) is 22.1 Å². The van der Waals surface area contributed by atoms with E-state index in [1.54, 1.807) is 18.3 Å². The van der Waals surface area contributed by atoms with Crippen molar-refractivity contribution in [3.63, 3.8) is 0 Å². The minimum atomic E-state index is -0.376. The van der Waals surface area contributed by atoms with Gasteiger partial charge in [-0.25, -0.2) is 9.97 Å². The van der Waals surface area contributed by atoms with Gasteiger partial charge in [0, 0.05) is 50.3 Å². The van der Waals surface area contributed by atoms with E-state index in [0.29, 0.717) is 22.5 Å². The second-order valence-electron chi connectivity index (χ2n) is 8.59. The zero-order chi connectivity index (χ0) is 23.3. The predicted octanol–water partition coefficient (Wildman–Crippen LogP) is 2.97. The number of nitrogens with one attached hydrogen (secondary N) is 2. The van der Waals surface area contributed by atoms with E-state index in [9.17, 15) is 9.59 Å². The van der Waals surface area contributed by atoms with Crippen LogP contribution in [0.3, 0.4) is 0 Å². The maximum Gasteiger partial charge on any atom is 0.290 e. The highest BCUT2D eigenvalue weighted by atomic mass is 32.2. The lowest BCUT2D eigenvalue weighted by atomic mass is 9.97. The standard InChI is InChI=1S/C24H28N6O3S/c31-22-21(34-24(32)28-22)15-19-5-8-25-23(27-19)30-9-6-17(7-10-30)16-26-18-1-3-20(4-2-18)29-11-13-33-14-12-29/h1-5,8,15,17,26H,6-7,9-14,16H2,(H,28,31,32)/b21-15-. The van der Waals surface area contributed by atoms with Crippen LogP contribution < -0.4 is 20.4 Å². The minimum absolute atomic E-state index is 0.353. The summed E-state index contributed by atoms with van der Waals surface area (Å²) in [6.45, 7) is 6.20. The highest BCUT2D eigenvalue weighted by Gasteiger charge is 2.26. The molecule has 4 heterocycles. The SMILES string of the molecule is O=C1NC(=O)/C(=C/c2ccnc(N3CCC(CNc4ccc(N5CCOCC5)cc4)CC3)n2)S1. The molecular formula is C24H28N6O3S. The molecule has 0 radical (unpaired) electrons. The number of hydrogen-bond donors (Lipinski definition) is 2. The first-order valence-corrected chi connectivity index (χ1v) is 12.5. The molecule has 178 valence electrons. The maximum absolute atomic E-state index is 11.8. The molecule has 1 aromatic heterocycles. The van der Waals surface area contributed by atoms with E-state index < -0.39 is 0 Å². The van der Waals surface area contributed by atoms with Crippen LogP contribution in [0, 0.1) is 5.92 Å². The summed E-state index contributed by atoms with van der Waals surface area (Å²) in [4.78, 5) is 37.1. The van der Waals surface area contributed by atoms with Crippen LogP contribution in [0.25, 0.3) is 6.08 Å². The molecule has 0 aliphatic carbocycles. The predicted molar refractivity (Wildman–Crippen MR) is 134 cm³/mol. The van der Waals surface area contributed by atoms with Gasteiger partial charge in [-0.05, 0) is 66.9 Å². The fourth-order valence-electron chi connectivity index (χ4n) is 4.36. The molecule has 0 bridgehead atoms. The van der Waals surface area contributed by atoms with Crippen molar-refractivity contribution in [2.75, 3.05) is 61.1 Å². The number of anilines is 3. The third-order valence-electron chi connectivity index (χ3n) is 6.32. The summed E-state index contributed by atoms with van der Waals surface area (Å²) < 4.78 is 5.43. The van der Waals surface area contributed by atoms with Gasteiger partial charge in [-0.15, -0.1) is 0 Å². The summed E-state index contributed by atoms with van der Waals surface area (Å²) in [6, 6.07) is 10.4. The molecule has 2 aromatic rings. The van der Waals surface area contributed by atoms with Gasteiger partial charge >= 0.3 is 0 Å². The molecule has 34 heavy (non-hydrogen) atoms. The summed E-state index contributed by atoms with van der Waals surface area (Å²) in [7, 11) is 0. The molecular weight excluding hydrogens is 452 g/mol. The monoisotopic (exact) mass is 480 g/mol. The number of benzene rings is 1. The Kier molecular flexibility index (Phi) is 6.96. The van der Waals surface area contributed by atoms with Crippen molar-refractivity contribution in [3.05, 3.63) is 47.1 Å². The molecule has 3 aliphatic rings. The van der Waals surface area contributed by atoms with E-state index >= 15 is 0 Å². The van der Waals surface area contributed by atoms with Gasteiger partial charge in [0.05, 0.1) is 23.8 Å². The lowest BCUT2D eigenvalue weighted by Gasteiger charge is -2.32. The molecule has 5 rings (SSSR count). The topological polar surface area (TPSA) is 99.7 Å². The average Bonchev–Trinajstić information content (AvgIpc) is 3.20. The van der Waals surface area contributed by atoms with Crippen molar-refractivity contribution in [3.8, 4) is 0 Å². The molecule has 1 aromatic carbocycles. The Bertz CT molecular complexity index is 1060. The smallest absolute Gasteiger partial charge is 0.290 e. The Morgan fingerprint density at radius 1 is 1.06 bits per heavy atom. The van der Waals surface area contributed by atoms with Gasteiger partial charge in [0.1, 0.15) is 0 Å². The summed E-state index contributed by atoms with van der Waals surface area (Å²) in [5.41, 5.74) is 3.02. The van der Waals surface area contributed by atoms with E-state index in [1.807, 2.05) is 0 Å². The number of thioether (sulfide) groups is 1. The molecule has 10 heteroatoms. The Hall–Kier alpha value is -3.11. The first-order chi connectivity index (χ1) is 16.6. The van der Waals surface area contributed by atoms with E-state index in [4.69, 9.17) is 4.74 Å². The van der Waals surface area contributed by atoms with E-state index in [1.165, 1.54) is 5.69 Å². The van der Waals surface area contributed by atoms with Crippen LogP contribution in [0.2, 0.25) is 0 Å². The summed E-state index contributed by atoms with van der Waals surface area (Å²) in [6.07, 6.45) is 5.44. The number of nitrogens with zero attached hydrogens (tertiary/aromatic N) is 4. The maximum atomic E-state index is 11.8. The number of carbonyl (C=O) groups excluding carboxylic acids is 2. The molecule has 9 nitrogen and oxygen atoms in total. The molecule has 2 amide bonds. The van der Waals surface area contributed by atoms with Crippen molar-refractivity contribution in [2.45, 2.75) is 12.8 Å². The number of amides is 2. The lowest BCUT2D eigenvalue weighted by Crippen LogP contribution is -2.37. The van der Waals surface area contributed by atoms with Crippen LogP contribution in [0.15, 0.2) is 41.4 Å². The van der Waals surface area contributed by atoms with E-state index in [0.717, 1.165) is 76.2 Å². The van der Waals surface area contributed by atoms with Gasteiger partial charge in [-0.1, -0.05) is 0 Å². The molecule has 3 aliphatic heterocycles.